The maximum Gasteiger partial charge on any atom is 0.171 e. The van der Waals surface area contributed by atoms with E-state index in [4.69, 9.17) is 15.6 Å². The average molecular weight is 445 g/mol. The molecule has 0 bridgehead atoms. The van der Waals surface area contributed by atoms with Gasteiger partial charge in [0.1, 0.15) is 25.0 Å². The summed E-state index contributed by atoms with van der Waals surface area (Å²) in [6.07, 6.45) is 2.83. The number of ketones is 2. The molecule has 0 aromatic heterocycles. The van der Waals surface area contributed by atoms with Gasteiger partial charge in [-0.1, -0.05) is 48.5 Å². The van der Waals surface area contributed by atoms with Gasteiger partial charge in [-0.25, -0.2) is 0 Å². The molecule has 0 aromatic carbocycles. The molecule has 0 heterocycles. The molecule has 0 rings (SSSR count). The third-order valence-corrected chi connectivity index (χ3v) is 7.90. The first-order valence-corrected chi connectivity index (χ1v) is 12.2. The van der Waals surface area contributed by atoms with Crippen LogP contribution in [0.5, 0.6) is 0 Å². The topological polar surface area (TPSA) is 98.7 Å². The third kappa shape index (κ3) is 6.28. The van der Waals surface area contributed by atoms with Gasteiger partial charge >= 0.3 is 0 Å². The fraction of sp³-hybridized carbons (Fsp3) is 0.913. The lowest BCUT2D eigenvalue weighted by molar-refractivity contribution is -0.142. The molecule has 179 valence electrons. The summed E-state index contributed by atoms with van der Waals surface area (Å²) in [5.74, 6) is -2.65. The van der Waals surface area contributed by atoms with E-state index in [1.165, 1.54) is 7.17 Å². The van der Waals surface area contributed by atoms with Crippen molar-refractivity contribution in [1.29, 1.82) is 0 Å². The van der Waals surface area contributed by atoms with Crippen LogP contribution in [0, 0.1) is 5.41 Å². The molecular formula is C23H44B3N2O4. The van der Waals surface area contributed by atoms with Crippen molar-refractivity contribution in [1.82, 2.24) is 10.6 Å². The minimum absolute atomic E-state index is 0.164. The van der Waals surface area contributed by atoms with Gasteiger partial charge in [-0.05, 0) is 51.9 Å². The average Bonchev–Trinajstić information content (AvgIpc) is 2.81. The minimum Gasteiger partial charge on any atom is -0.382 e. The summed E-state index contributed by atoms with van der Waals surface area (Å²) in [5, 5.41) is 27.7. The zero-order chi connectivity index (χ0) is 25.4. The van der Waals surface area contributed by atoms with E-state index in [9.17, 15) is 19.8 Å². The number of hydrogen-bond acceptors (Lipinski definition) is 6. The molecule has 0 aromatic rings. The van der Waals surface area contributed by atoms with Crippen molar-refractivity contribution in [2.75, 3.05) is 0 Å². The van der Waals surface area contributed by atoms with Crippen LogP contribution < -0.4 is 10.6 Å². The molecule has 0 saturated heterocycles. The van der Waals surface area contributed by atoms with Crippen molar-refractivity contribution in [3.8, 4) is 0 Å². The molecule has 0 aliphatic heterocycles. The summed E-state index contributed by atoms with van der Waals surface area (Å²) >= 11 is 0. The van der Waals surface area contributed by atoms with Crippen molar-refractivity contribution in [3.63, 3.8) is 0 Å². The zero-order valence-electron chi connectivity index (χ0n) is 21.5. The van der Waals surface area contributed by atoms with Gasteiger partial charge in [0.25, 0.3) is 0 Å². The second-order valence-corrected chi connectivity index (χ2v) is 9.12. The number of carbonyl (C=O) groups is 2. The summed E-state index contributed by atoms with van der Waals surface area (Å²) < 4.78 is 0. The monoisotopic (exact) mass is 445 g/mol. The number of aliphatic hydroxyl groups is 2. The maximum atomic E-state index is 13.9. The highest BCUT2D eigenvalue weighted by molar-refractivity contribution is 6.92. The normalized spacial score (nSPS) is 16.8. The molecule has 32 heavy (non-hydrogen) atoms. The van der Waals surface area contributed by atoms with Crippen LogP contribution in [0.15, 0.2) is 0 Å². The van der Waals surface area contributed by atoms with Crippen LogP contribution in [0.2, 0.25) is 0 Å². The number of nitrogens with one attached hydrogen (secondary N) is 2. The summed E-state index contributed by atoms with van der Waals surface area (Å²) in [6, 6.07) is 0. The predicted molar refractivity (Wildman–Crippen MR) is 134 cm³/mol. The molecule has 0 amide bonds. The van der Waals surface area contributed by atoms with E-state index in [-0.39, 0.29) is 18.6 Å². The van der Waals surface area contributed by atoms with Crippen molar-refractivity contribution in [2.45, 2.75) is 129 Å². The number of Topliss-reactive ketones (excluding diaryl/α,β-unsaturated/α-hetero) is 2. The van der Waals surface area contributed by atoms with Crippen LogP contribution in [0.3, 0.4) is 0 Å². The van der Waals surface area contributed by atoms with E-state index >= 15 is 0 Å². The minimum atomic E-state index is -1.51. The second-order valence-electron chi connectivity index (χ2n) is 9.12. The first-order chi connectivity index (χ1) is 14.8. The largest absolute Gasteiger partial charge is 0.382 e. The first-order valence-electron chi connectivity index (χ1n) is 12.2. The van der Waals surface area contributed by atoms with Crippen LogP contribution >= 0.6 is 0 Å². The van der Waals surface area contributed by atoms with E-state index in [1.54, 1.807) is 13.8 Å². The molecule has 3 atom stereocenters. The molecule has 5 radical (unpaired) electrons. The number of rotatable bonds is 17. The van der Waals surface area contributed by atoms with Gasteiger partial charge in [-0.15, -0.1) is 0 Å². The van der Waals surface area contributed by atoms with Gasteiger partial charge < -0.3 is 15.5 Å². The smallest absolute Gasteiger partial charge is 0.171 e. The fourth-order valence-electron chi connectivity index (χ4n) is 4.77. The molecule has 6 nitrogen and oxygen atoms in total. The number of hydrogen-bond donors (Lipinski definition) is 4. The van der Waals surface area contributed by atoms with E-state index in [0.717, 1.165) is 0 Å². The lowest BCUT2D eigenvalue weighted by Crippen LogP contribution is -2.68. The molecule has 0 saturated carbocycles. The summed E-state index contributed by atoms with van der Waals surface area (Å²) in [5.41, 5.74) is -4.51. The molecule has 4 N–H and O–H groups in total. The summed E-state index contributed by atoms with van der Waals surface area (Å²) in [4.78, 5) is 26.9. The lowest BCUT2D eigenvalue weighted by atomic mass is 9.45. The van der Waals surface area contributed by atoms with Gasteiger partial charge in [0.2, 0.25) is 0 Å². The van der Waals surface area contributed by atoms with Crippen LogP contribution in [-0.2, 0) is 9.59 Å². The van der Waals surface area contributed by atoms with Gasteiger partial charge in [0.15, 0.2) is 5.78 Å². The van der Waals surface area contributed by atoms with Crippen molar-refractivity contribution in [3.05, 3.63) is 0 Å². The molecule has 0 spiro atoms. The highest BCUT2D eigenvalue weighted by atomic mass is 16.3. The lowest BCUT2D eigenvalue weighted by Gasteiger charge is -2.51. The van der Waals surface area contributed by atoms with Gasteiger partial charge in [0.05, 0.1) is 7.17 Å². The molecule has 9 heteroatoms. The van der Waals surface area contributed by atoms with Crippen LogP contribution in [0.1, 0.15) is 100 Å². The van der Waals surface area contributed by atoms with E-state index in [0.29, 0.717) is 32.1 Å². The Kier molecular flexibility index (Phi) is 12.5. The molecule has 0 aliphatic carbocycles. The van der Waals surface area contributed by atoms with Crippen LogP contribution in [0.25, 0.3) is 0 Å². The number of carbonyl (C=O) groups excluding carboxylic acids is 2. The molecule has 0 aliphatic rings. The van der Waals surface area contributed by atoms with Crippen molar-refractivity contribution >= 4 is 34.3 Å². The second kappa shape index (κ2) is 12.7. The highest BCUT2D eigenvalue weighted by Gasteiger charge is 2.53. The summed E-state index contributed by atoms with van der Waals surface area (Å²) in [6.45, 7) is 14.9. The Morgan fingerprint density at radius 3 is 1.59 bits per heavy atom. The van der Waals surface area contributed by atoms with Crippen LogP contribution in [-0.4, -0.2) is 73.3 Å². The molecular weight excluding hydrogens is 401 g/mol. The first kappa shape index (κ1) is 31.4. The maximum absolute atomic E-state index is 13.9. The van der Waals surface area contributed by atoms with Gasteiger partial charge in [-0.2, -0.15) is 0 Å². The fourth-order valence-corrected chi connectivity index (χ4v) is 4.77. The quantitative estimate of drug-likeness (QED) is 0.202. The standard InChI is InChI=1S/C23H44B3N2O4/c1-9-20(8,27-18(24)16(29)22(31,12-4)13-5)21(10-2,11-3)17(30)19(26-25)28-23(32,14-6)15-7/h18-19,27-28,31-32H,9-15H2,1-8H3. The van der Waals surface area contributed by atoms with Crippen molar-refractivity contribution < 1.29 is 19.8 Å². The Morgan fingerprint density at radius 2 is 1.28 bits per heavy atom. The highest BCUT2D eigenvalue weighted by Crippen LogP contribution is 2.43. The van der Waals surface area contributed by atoms with E-state index < -0.39 is 39.9 Å². The van der Waals surface area contributed by atoms with Gasteiger partial charge in [0, 0.05) is 30.6 Å². The SMILES string of the molecule is [B][B]C(NC(O)(CC)CC)C(=O)C(CC)(CC)C(C)(CC)NC([B])C(=O)C(O)(CC)CC. The Hall–Kier alpha value is -0.625. The Morgan fingerprint density at radius 1 is 0.812 bits per heavy atom. The van der Waals surface area contributed by atoms with E-state index in [2.05, 4.69) is 10.6 Å². The molecule has 0 fully saturated rings. The molecule has 3 unspecified atom stereocenters. The summed E-state index contributed by atoms with van der Waals surface area (Å²) in [7, 11) is 13.4. The predicted octanol–water partition coefficient (Wildman–Crippen LogP) is 1.95. The Labute approximate surface area is 199 Å². The third-order valence-electron chi connectivity index (χ3n) is 7.90. The zero-order valence-corrected chi connectivity index (χ0v) is 21.5. The van der Waals surface area contributed by atoms with Gasteiger partial charge in [-0.3, -0.25) is 14.9 Å². The Bertz CT molecular complexity index is 608. The van der Waals surface area contributed by atoms with Crippen LogP contribution in [0.4, 0.5) is 0 Å². The van der Waals surface area contributed by atoms with Crippen molar-refractivity contribution in [2.24, 2.45) is 5.41 Å². The van der Waals surface area contributed by atoms with E-state index in [1.807, 2.05) is 41.5 Å². The Balaban J connectivity index is 6.23.